The van der Waals surface area contributed by atoms with Gasteiger partial charge >= 0.3 is 5.69 Å². The van der Waals surface area contributed by atoms with Gasteiger partial charge in [-0.05, 0) is 30.3 Å². The third-order valence-electron chi connectivity index (χ3n) is 3.00. The zero-order chi connectivity index (χ0) is 13.9. The molecule has 3 rings (SSSR count). The molecule has 0 fully saturated rings. The molecular formula is C14H11N3O3. The van der Waals surface area contributed by atoms with Gasteiger partial charge in [0, 0.05) is 18.3 Å². The summed E-state index contributed by atoms with van der Waals surface area (Å²) in [5.41, 5.74) is 2.04. The molecule has 0 atom stereocenters. The molecule has 0 bridgehead atoms. The van der Waals surface area contributed by atoms with Crippen molar-refractivity contribution in [1.82, 2.24) is 4.98 Å². The Kier molecular flexibility index (Phi) is 3.04. The highest BCUT2D eigenvalue weighted by Gasteiger charge is 2.18. The Bertz CT molecular complexity index is 753. The third kappa shape index (κ3) is 2.18. The molecule has 0 spiro atoms. The van der Waals surface area contributed by atoms with Gasteiger partial charge in [-0.3, -0.25) is 15.1 Å². The number of aromatic nitrogens is 1. The summed E-state index contributed by atoms with van der Waals surface area (Å²) in [6.07, 6.45) is 4.78. The second kappa shape index (κ2) is 5.00. The first-order chi connectivity index (χ1) is 9.75. The molecule has 6 heteroatoms. The number of nitro benzene ring substituents is 1. The summed E-state index contributed by atoms with van der Waals surface area (Å²) in [6.45, 7) is 0.461. The first kappa shape index (κ1) is 12.2. The van der Waals surface area contributed by atoms with E-state index in [1.54, 1.807) is 49.1 Å². The molecular weight excluding hydrogens is 258 g/mol. The van der Waals surface area contributed by atoms with Crippen LogP contribution in [0.4, 0.5) is 11.4 Å². The van der Waals surface area contributed by atoms with Crippen LogP contribution < -0.4 is 5.32 Å². The summed E-state index contributed by atoms with van der Waals surface area (Å²) in [4.78, 5) is 15.1. The fourth-order valence-electron chi connectivity index (χ4n) is 2.07. The lowest BCUT2D eigenvalue weighted by molar-refractivity contribution is -0.382. The topological polar surface area (TPSA) is 81.2 Å². The molecule has 0 unspecified atom stereocenters. The number of nitrogens with one attached hydrogen (secondary N) is 1. The first-order valence-corrected chi connectivity index (χ1v) is 6.03. The van der Waals surface area contributed by atoms with Gasteiger partial charge in [0.05, 0.1) is 28.4 Å². The summed E-state index contributed by atoms with van der Waals surface area (Å²) < 4.78 is 4.97. The van der Waals surface area contributed by atoms with Crippen molar-refractivity contribution in [1.29, 1.82) is 0 Å². The van der Waals surface area contributed by atoms with Gasteiger partial charge in [0.25, 0.3) is 0 Å². The monoisotopic (exact) mass is 269 g/mol. The van der Waals surface area contributed by atoms with Crippen LogP contribution in [0, 0.1) is 10.1 Å². The Labute approximate surface area is 114 Å². The fraction of sp³-hybridized carbons (Fsp3) is 0.0714. The Balaban J connectivity index is 2.01. The molecule has 2 aromatic heterocycles. The number of hydrogen-bond acceptors (Lipinski definition) is 5. The van der Waals surface area contributed by atoms with Crippen molar-refractivity contribution < 1.29 is 9.34 Å². The highest BCUT2D eigenvalue weighted by molar-refractivity contribution is 5.94. The van der Waals surface area contributed by atoms with Crippen LogP contribution >= 0.6 is 0 Å². The summed E-state index contributed by atoms with van der Waals surface area (Å²) >= 11 is 0. The molecule has 1 aromatic carbocycles. The van der Waals surface area contributed by atoms with E-state index < -0.39 is 0 Å². The minimum atomic E-state index is -0.387. The highest BCUT2D eigenvalue weighted by atomic mass is 16.6. The van der Waals surface area contributed by atoms with E-state index >= 15 is 0 Å². The number of hydrogen-bond donors (Lipinski definition) is 1. The molecule has 0 aliphatic rings. The van der Waals surface area contributed by atoms with Crippen LogP contribution in [0.2, 0.25) is 0 Å². The van der Waals surface area contributed by atoms with Crippen molar-refractivity contribution in [3.8, 4) is 0 Å². The van der Waals surface area contributed by atoms with Gasteiger partial charge in [0.1, 0.15) is 5.69 Å². The van der Waals surface area contributed by atoms with Gasteiger partial charge in [-0.15, -0.1) is 0 Å². The summed E-state index contributed by atoms with van der Waals surface area (Å²) in [7, 11) is 0. The molecule has 2 heterocycles. The molecule has 100 valence electrons. The molecule has 1 N–H and O–H groups in total. The van der Waals surface area contributed by atoms with Crippen LogP contribution in [0.5, 0.6) is 0 Å². The van der Waals surface area contributed by atoms with Crippen LogP contribution in [0.25, 0.3) is 10.9 Å². The molecule has 0 amide bonds. The van der Waals surface area contributed by atoms with Crippen LogP contribution in [-0.2, 0) is 6.54 Å². The number of furan rings is 1. The van der Waals surface area contributed by atoms with E-state index in [9.17, 15) is 10.1 Å². The number of benzene rings is 1. The van der Waals surface area contributed by atoms with Gasteiger partial charge in [0.15, 0.2) is 0 Å². The maximum atomic E-state index is 11.3. The Morgan fingerprint density at radius 1 is 1.30 bits per heavy atom. The zero-order valence-electron chi connectivity index (χ0n) is 10.4. The standard InChI is InChI=1S/C14H11N3O3/c18-17(19)14-11-2-1-6-15-12(11)3-4-13(14)16-8-10-5-7-20-9-10/h1-7,9,16H,8H2. The lowest BCUT2D eigenvalue weighted by atomic mass is 10.1. The molecule has 20 heavy (non-hydrogen) atoms. The molecule has 0 aliphatic heterocycles. The van der Waals surface area contributed by atoms with Crippen molar-refractivity contribution in [2.45, 2.75) is 6.54 Å². The van der Waals surface area contributed by atoms with E-state index in [1.165, 1.54) is 0 Å². The van der Waals surface area contributed by atoms with E-state index in [4.69, 9.17) is 4.42 Å². The SMILES string of the molecule is O=[N+]([O-])c1c(NCc2ccoc2)ccc2ncccc12. The number of fused-ring (bicyclic) bond motifs is 1. The Hall–Kier alpha value is -2.89. The third-order valence-corrected chi connectivity index (χ3v) is 3.00. The van der Waals surface area contributed by atoms with Crippen LogP contribution in [0.3, 0.4) is 0 Å². The molecule has 6 nitrogen and oxygen atoms in total. The average Bonchev–Trinajstić information content (AvgIpc) is 2.97. The number of nitro groups is 1. The normalized spacial score (nSPS) is 10.6. The predicted molar refractivity (Wildman–Crippen MR) is 74.4 cm³/mol. The van der Waals surface area contributed by atoms with Gasteiger partial charge in [-0.1, -0.05) is 0 Å². The quantitative estimate of drug-likeness (QED) is 0.580. The second-order valence-electron chi connectivity index (χ2n) is 4.27. The number of pyridine rings is 1. The van der Waals surface area contributed by atoms with Gasteiger partial charge < -0.3 is 9.73 Å². The minimum Gasteiger partial charge on any atom is -0.472 e. The molecule has 0 saturated heterocycles. The maximum Gasteiger partial charge on any atom is 0.301 e. The van der Waals surface area contributed by atoms with Crippen molar-refractivity contribution in [2.75, 3.05) is 5.32 Å². The number of nitrogens with zero attached hydrogens (tertiary/aromatic N) is 2. The van der Waals surface area contributed by atoms with Crippen molar-refractivity contribution in [3.05, 3.63) is 64.7 Å². The van der Waals surface area contributed by atoms with Crippen LogP contribution in [0.15, 0.2) is 53.5 Å². The summed E-state index contributed by atoms with van der Waals surface area (Å²) in [5, 5.41) is 14.9. The highest BCUT2D eigenvalue weighted by Crippen LogP contribution is 2.32. The molecule has 0 radical (unpaired) electrons. The predicted octanol–water partition coefficient (Wildman–Crippen LogP) is 3.35. The lowest BCUT2D eigenvalue weighted by Gasteiger charge is -2.07. The van der Waals surface area contributed by atoms with E-state index in [1.807, 2.05) is 0 Å². The fourth-order valence-corrected chi connectivity index (χ4v) is 2.07. The average molecular weight is 269 g/mol. The van der Waals surface area contributed by atoms with Gasteiger partial charge in [-0.25, -0.2) is 0 Å². The van der Waals surface area contributed by atoms with Gasteiger partial charge in [-0.2, -0.15) is 0 Å². The van der Waals surface area contributed by atoms with Crippen molar-refractivity contribution >= 4 is 22.3 Å². The second-order valence-corrected chi connectivity index (χ2v) is 4.27. The van der Waals surface area contributed by atoms with E-state index in [2.05, 4.69) is 10.3 Å². The lowest BCUT2D eigenvalue weighted by Crippen LogP contribution is -2.02. The maximum absolute atomic E-state index is 11.3. The number of rotatable bonds is 4. The van der Waals surface area contributed by atoms with E-state index in [0.717, 1.165) is 5.56 Å². The van der Waals surface area contributed by atoms with Crippen molar-refractivity contribution in [3.63, 3.8) is 0 Å². The van der Waals surface area contributed by atoms with E-state index in [-0.39, 0.29) is 10.6 Å². The summed E-state index contributed by atoms with van der Waals surface area (Å²) in [5.74, 6) is 0. The first-order valence-electron chi connectivity index (χ1n) is 6.03. The van der Waals surface area contributed by atoms with Gasteiger partial charge in [0.2, 0.25) is 0 Å². The van der Waals surface area contributed by atoms with Crippen LogP contribution in [-0.4, -0.2) is 9.91 Å². The van der Waals surface area contributed by atoms with Crippen molar-refractivity contribution in [2.24, 2.45) is 0 Å². The smallest absolute Gasteiger partial charge is 0.301 e. The Morgan fingerprint density at radius 2 is 2.20 bits per heavy atom. The largest absolute Gasteiger partial charge is 0.472 e. The number of anilines is 1. The zero-order valence-corrected chi connectivity index (χ0v) is 10.4. The minimum absolute atomic E-state index is 0.0408. The summed E-state index contributed by atoms with van der Waals surface area (Å²) in [6, 6.07) is 8.63. The molecule has 0 saturated carbocycles. The van der Waals surface area contributed by atoms with Crippen LogP contribution in [0.1, 0.15) is 5.56 Å². The molecule has 3 aromatic rings. The van der Waals surface area contributed by atoms with E-state index in [0.29, 0.717) is 23.1 Å². The molecule has 0 aliphatic carbocycles. The Morgan fingerprint density at radius 3 is 2.95 bits per heavy atom.